The molecule has 94 valence electrons. The first-order chi connectivity index (χ1) is 8.04. The van der Waals surface area contributed by atoms with Crippen molar-refractivity contribution < 1.29 is 4.74 Å². The van der Waals surface area contributed by atoms with Crippen molar-refractivity contribution in [3.05, 3.63) is 18.3 Å². The third-order valence-electron chi connectivity index (χ3n) is 2.63. The molecular formula is C13H21N3O. The lowest BCUT2D eigenvalue weighted by Gasteiger charge is -2.29. The predicted molar refractivity (Wildman–Crippen MR) is 70.6 cm³/mol. The molecule has 1 saturated heterocycles. The van der Waals surface area contributed by atoms with Gasteiger partial charge in [0.25, 0.3) is 0 Å². The van der Waals surface area contributed by atoms with Crippen LogP contribution < -0.4 is 10.2 Å². The van der Waals surface area contributed by atoms with Gasteiger partial charge in [0.1, 0.15) is 5.82 Å². The summed E-state index contributed by atoms with van der Waals surface area (Å²) in [5.74, 6) is 0.925. The van der Waals surface area contributed by atoms with E-state index in [9.17, 15) is 0 Å². The first-order valence-electron chi connectivity index (χ1n) is 6.11. The number of hydrogen-bond donors (Lipinski definition) is 1. The Balaban J connectivity index is 2.02. The Kier molecular flexibility index (Phi) is 3.52. The van der Waals surface area contributed by atoms with Gasteiger partial charge in [-0.15, -0.1) is 0 Å². The number of ether oxygens (including phenoxy) is 1. The molecule has 17 heavy (non-hydrogen) atoms. The Labute approximate surface area is 103 Å². The van der Waals surface area contributed by atoms with Gasteiger partial charge in [-0.05, 0) is 32.9 Å². The number of pyridine rings is 1. The van der Waals surface area contributed by atoms with E-state index in [1.807, 2.05) is 12.3 Å². The van der Waals surface area contributed by atoms with Gasteiger partial charge in [0.15, 0.2) is 0 Å². The molecule has 1 N–H and O–H groups in total. The van der Waals surface area contributed by atoms with Crippen LogP contribution in [0.15, 0.2) is 18.3 Å². The van der Waals surface area contributed by atoms with Crippen LogP contribution in [0, 0.1) is 0 Å². The van der Waals surface area contributed by atoms with Crippen molar-refractivity contribution in [3.8, 4) is 0 Å². The van der Waals surface area contributed by atoms with Gasteiger partial charge in [-0.1, -0.05) is 0 Å². The number of hydrogen-bond acceptors (Lipinski definition) is 4. The molecule has 0 aliphatic carbocycles. The summed E-state index contributed by atoms with van der Waals surface area (Å²) in [6, 6.07) is 4.16. The highest BCUT2D eigenvalue weighted by Gasteiger charge is 2.13. The Bertz CT molecular complexity index is 350. The zero-order valence-electron chi connectivity index (χ0n) is 10.9. The third kappa shape index (κ3) is 3.60. The van der Waals surface area contributed by atoms with Crippen LogP contribution in [0.5, 0.6) is 0 Å². The Morgan fingerprint density at radius 1 is 1.24 bits per heavy atom. The smallest absolute Gasteiger partial charge is 0.126 e. The molecule has 0 radical (unpaired) electrons. The second-order valence-corrected chi connectivity index (χ2v) is 5.38. The van der Waals surface area contributed by atoms with Crippen molar-refractivity contribution >= 4 is 11.5 Å². The molecule has 4 nitrogen and oxygen atoms in total. The zero-order valence-corrected chi connectivity index (χ0v) is 10.9. The number of nitrogens with one attached hydrogen (secondary N) is 1. The van der Waals surface area contributed by atoms with Crippen LogP contribution in [-0.4, -0.2) is 36.8 Å². The molecule has 2 rings (SSSR count). The van der Waals surface area contributed by atoms with Crippen LogP contribution in [0.1, 0.15) is 20.8 Å². The third-order valence-corrected chi connectivity index (χ3v) is 2.63. The van der Waals surface area contributed by atoms with Gasteiger partial charge >= 0.3 is 0 Å². The molecule has 0 saturated carbocycles. The number of nitrogens with zero attached hydrogens (tertiary/aromatic N) is 2. The monoisotopic (exact) mass is 235 g/mol. The minimum atomic E-state index is 0.0491. The van der Waals surface area contributed by atoms with Gasteiger partial charge in [0, 0.05) is 18.6 Å². The molecule has 4 heteroatoms. The average molecular weight is 235 g/mol. The van der Waals surface area contributed by atoms with E-state index in [0.29, 0.717) is 0 Å². The lowest BCUT2D eigenvalue weighted by Crippen LogP contribution is -2.36. The molecule has 0 amide bonds. The van der Waals surface area contributed by atoms with Crippen molar-refractivity contribution in [2.75, 3.05) is 36.5 Å². The predicted octanol–water partition coefficient (Wildman–Crippen LogP) is 2.13. The fraction of sp³-hybridized carbons (Fsp3) is 0.615. The molecule has 0 unspecified atom stereocenters. The average Bonchev–Trinajstić information content (AvgIpc) is 2.29. The highest BCUT2D eigenvalue weighted by atomic mass is 16.5. The highest BCUT2D eigenvalue weighted by molar-refractivity contribution is 5.50. The van der Waals surface area contributed by atoms with Gasteiger partial charge in [-0.2, -0.15) is 0 Å². The van der Waals surface area contributed by atoms with Gasteiger partial charge < -0.3 is 15.0 Å². The summed E-state index contributed by atoms with van der Waals surface area (Å²) < 4.78 is 5.34. The van der Waals surface area contributed by atoms with Crippen molar-refractivity contribution in [3.63, 3.8) is 0 Å². The fourth-order valence-electron chi connectivity index (χ4n) is 1.85. The van der Waals surface area contributed by atoms with E-state index < -0.39 is 0 Å². The summed E-state index contributed by atoms with van der Waals surface area (Å²) in [5, 5.41) is 3.36. The first kappa shape index (κ1) is 12.2. The van der Waals surface area contributed by atoms with Crippen LogP contribution in [0.3, 0.4) is 0 Å². The molecular weight excluding hydrogens is 214 g/mol. The maximum Gasteiger partial charge on any atom is 0.126 e. The van der Waals surface area contributed by atoms with Crippen LogP contribution in [0.2, 0.25) is 0 Å². The van der Waals surface area contributed by atoms with Gasteiger partial charge in [-0.3, -0.25) is 0 Å². The largest absolute Gasteiger partial charge is 0.378 e. The van der Waals surface area contributed by atoms with E-state index in [0.717, 1.165) is 32.1 Å². The lowest BCUT2D eigenvalue weighted by molar-refractivity contribution is 0.122. The standard InChI is InChI=1S/C13H21N3O/c1-13(2,3)15-12-5-4-11(10-14-12)16-6-8-17-9-7-16/h4-5,10H,6-9H2,1-3H3,(H,14,15). The Morgan fingerprint density at radius 2 is 1.94 bits per heavy atom. The van der Waals surface area contributed by atoms with Crippen molar-refractivity contribution in [2.45, 2.75) is 26.3 Å². The summed E-state index contributed by atoms with van der Waals surface area (Å²) >= 11 is 0. The molecule has 0 atom stereocenters. The van der Waals surface area contributed by atoms with Gasteiger partial charge in [0.05, 0.1) is 25.1 Å². The van der Waals surface area contributed by atoms with E-state index >= 15 is 0 Å². The quantitative estimate of drug-likeness (QED) is 0.852. The first-order valence-corrected chi connectivity index (χ1v) is 6.11. The fourth-order valence-corrected chi connectivity index (χ4v) is 1.85. The molecule has 0 bridgehead atoms. The van der Waals surface area contributed by atoms with Crippen LogP contribution in [0.4, 0.5) is 11.5 Å². The minimum Gasteiger partial charge on any atom is -0.378 e. The summed E-state index contributed by atoms with van der Waals surface area (Å²) in [7, 11) is 0. The highest BCUT2D eigenvalue weighted by Crippen LogP contribution is 2.18. The van der Waals surface area contributed by atoms with Crippen molar-refractivity contribution in [1.29, 1.82) is 0 Å². The number of anilines is 2. The van der Waals surface area contributed by atoms with Crippen molar-refractivity contribution in [2.24, 2.45) is 0 Å². The second kappa shape index (κ2) is 4.92. The maximum absolute atomic E-state index is 5.34. The number of aromatic nitrogens is 1. The van der Waals surface area contributed by atoms with Gasteiger partial charge in [0.2, 0.25) is 0 Å². The molecule has 0 aromatic carbocycles. The van der Waals surface area contributed by atoms with Gasteiger partial charge in [-0.25, -0.2) is 4.98 Å². The minimum absolute atomic E-state index is 0.0491. The summed E-state index contributed by atoms with van der Waals surface area (Å²) in [6.45, 7) is 9.91. The van der Waals surface area contributed by atoms with Crippen LogP contribution in [0.25, 0.3) is 0 Å². The maximum atomic E-state index is 5.34. The molecule has 0 spiro atoms. The summed E-state index contributed by atoms with van der Waals surface area (Å²) in [4.78, 5) is 6.75. The number of morpholine rings is 1. The molecule has 1 fully saturated rings. The molecule has 1 aliphatic rings. The molecule has 1 aliphatic heterocycles. The molecule has 1 aromatic rings. The van der Waals surface area contributed by atoms with Crippen molar-refractivity contribution in [1.82, 2.24) is 4.98 Å². The Morgan fingerprint density at radius 3 is 2.47 bits per heavy atom. The van der Waals surface area contributed by atoms with E-state index in [1.54, 1.807) is 0 Å². The summed E-state index contributed by atoms with van der Waals surface area (Å²) in [5.41, 5.74) is 1.22. The Hall–Kier alpha value is -1.29. The second-order valence-electron chi connectivity index (χ2n) is 5.38. The van der Waals surface area contributed by atoms with E-state index in [-0.39, 0.29) is 5.54 Å². The zero-order chi connectivity index (χ0) is 12.3. The van der Waals surface area contributed by atoms with Crippen LogP contribution >= 0.6 is 0 Å². The topological polar surface area (TPSA) is 37.4 Å². The van der Waals surface area contributed by atoms with E-state index in [4.69, 9.17) is 4.74 Å². The normalized spacial score (nSPS) is 17.0. The van der Waals surface area contributed by atoms with Crippen LogP contribution in [-0.2, 0) is 4.74 Å². The molecule has 1 aromatic heterocycles. The van der Waals surface area contributed by atoms with E-state index in [2.05, 4.69) is 42.0 Å². The summed E-state index contributed by atoms with van der Waals surface area (Å²) in [6.07, 6.45) is 1.93. The number of rotatable bonds is 2. The SMILES string of the molecule is CC(C)(C)Nc1ccc(N2CCOCC2)cn1. The molecule has 2 heterocycles. The lowest BCUT2D eigenvalue weighted by atomic mass is 10.1. The van der Waals surface area contributed by atoms with E-state index in [1.165, 1.54) is 5.69 Å².